The number of aromatic nitrogens is 2. The predicted molar refractivity (Wildman–Crippen MR) is 130 cm³/mol. The summed E-state index contributed by atoms with van der Waals surface area (Å²) in [5.41, 5.74) is 0.0300. The Bertz CT molecular complexity index is 1230. The van der Waals surface area contributed by atoms with Gasteiger partial charge in [0.15, 0.2) is 11.8 Å². The summed E-state index contributed by atoms with van der Waals surface area (Å²) in [6.45, 7) is 3.94. The van der Waals surface area contributed by atoms with Gasteiger partial charge in [0.2, 0.25) is 0 Å². The first kappa shape index (κ1) is 24.7. The van der Waals surface area contributed by atoms with E-state index in [2.05, 4.69) is 17.3 Å². The molecule has 0 spiro atoms. The molecule has 1 aromatic heterocycles. The van der Waals surface area contributed by atoms with Crippen molar-refractivity contribution in [1.29, 1.82) is 0 Å². The van der Waals surface area contributed by atoms with Gasteiger partial charge in [-0.2, -0.15) is 5.10 Å². The number of unbranched alkanes of at least 4 members (excludes halogenated alkanes) is 3. The number of hydrogen-bond donors (Lipinski definition) is 1. The van der Waals surface area contributed by atoms with E-state index in [0.717, 1.165) is 25.7 Å². The second-order valence-corrected chi connectivity index (χ2v) is 8.41. The third-order valence-electron chi connectivity index (χ3n) is 5.15. The average Bonchev–Trinajstić information content (AvgIpc) is 2.81. The van der Waals surface area contributed by atoms with Crippen molar-refractivity contribution < 1.29 is 14.3 Å². The van der Waals surface area contributed by atoms with Gasteiger partial charge in [-0.3, -0.25) is 9.59 Å². The topological polar surface area (TPSA) is 90.3 Å². The molecule has 3 aromatic rings. The lowest BCUT2D eigenvalue weighted by Crippen LogP contribution is -2.32. The summed E-state index contributed by atoms with van der Waals surface area (Å²) in [4.78, 5) is 38.3. The summed E-state index contributed by atoms with van der Waals surface area (Å²) in [7, 11) is 0. The standard InChI is InChI=1S/C24H25Cl2N3O4/c1-3-4-5-8-14-29-23(31)17-11-7-6-10-16(17)21(28-29)24(32)33-15(2)22(30)27-19-13-9-12-18(25)20(19)26/h6-7,9-13,15H,3-5,8,14H2,1-2H3,(H,27,30). The molecule has 0 saturated heterocycles. The molecule has 2 aromatic carbocycles. The summed E-state index contributed by atoms with van der Waals surface area (Å²) in [5, 5.41) is 8.10. The Hall–Kier alpha value is -2.90. The molecular formula is C24H25Cl2N3O4. The van der Waals surface area contributed by atoms with E-state index in [1.54, 1.807) is 42.5 Å². The lowest BCUT2D eigenvalue weighted by atomic mass is 10.1. The molecular weight excluding hydrogens is 465 g/mol. The third kappa shape index (κ3) is 5.92. The minimum Gasteiger partial charge on any atom is -0.448 e. The molecule has 1 unspecified atom stereocenters. The number of anilines is 1. The van der Waals surface area contributed by atoms with E-state index in [1.165, 1.54) is 11.6 Å². The van der Waals surface area contributed by atoms with Crippen molar-refractivity contribution in [2.45, 2.75) is 52.2 Å². The Balaban J connectivity index is 1.82. The number of carbonyl (C=O) groups is 2. The summed E-state index contributed by atoms with van der Waals surface area (Å²) in [6.07, 6.45) is 2.71. The number of carbonyl (C=O) groups excluding carboxylic acids is 2. The van der Waals surface area contributed by atoms with Gasteiger partial charge in [0, 0.05) is 11.9 Å². The molecule has 9 heteroatoms. The van der Waals surface area contributed by atoms with Crippen LogP contribution in [-0.4, -0.2) is 27.8 Å². The van der Waals surface area contributed by atoms with E-state index in [-0.39, 0.29) is 21.3 Å². The fourth-order valence-electron chi connectivity index (χ4n) is 3.33. The minimum atomic E-state index is -1.14. The SMILES string of the molecule is CCCCCCn1nc(C(=O)OC(C)C(=O)Nc2cccc(Cl)c2Cl)c2ccccc2c1=O. The number of nitrogens with zero attached hydrogens (tertiary/aromatic N) is 2. The molecule has 1 amide bonds. The lowest BCUT2D eigenvalue weighted by Gasteiger charge is -2.15. The van der Waals surface area contributed by atoms with Crippen molar-refractivity contribution in [2.75, 3.05) is 5.32 Å². The zero-order chi connectivity index (χ0) is 24.0. The van der Waals surface area contributed by atoms with Crippen LogP contribution in [0.1, 0.15) is 50.0 Å². The molecule has 1 heterocycles. The molecule has 7 nitrogen and oxygen atoms in total. The van der Waals surface area contributed by atoms with Crippen molar-refractivity contribution in [3.05, 3.63) is 68.6 Å². The number of benzene rings is 2. The van der Waals surface area contributed by atoms with Crippen LogP contribution in [-0.2, 0) is 16.1 Å². The average molecular weight is 490 g/mol. The number of amides is 1. The molecule has 0 aliphatic heterocycles. The molecule has 0 saturated carbocycles. The minimum absolute atomic E-state index is 0.0128. The first-order chi connectivity index (χ1) is 15.8. The molecule has 0 aliphatic carbocycles. The summed E-state index contributed by atoms with van der Waals surface area (Å²) < 4.78 is 6.68. The highest BCUT2D eigenvalue weighted by Gasteiger charge is 2.24. The fourth-order valence-corrected chi connectivity index (χ4v) is 3.68. The van der Waals surface area contributed by atoms with Crippen molar-refractivity contribution in [3.8, 4) is 0 Å². The number of fused-ring (bicyclic) bond motifs is 1. The molecule has 33 heavy (non-hydrogen) atoms. The molecule has 1 atom stereocenters. The monoisotopic (exact) mass is 489 g/mol. The smallest absolute Gasteiger partial charge is 0.360 e. The highest BCUT2D eigenvalue weighted by Crippen LogP contribution is 2.29. The van der Waals surface area contributed by atoms with E-state index in [4.69, 9.17) is 27.9 Å². The summed E-state index contributed by atoms with van der Waals surface area (Å²) in [6, 6.07) is 11.5. The molecule has 0 aliphatic rings. The number of rotatable bonds is 9. The first-order valence-electron chi connectivity index (χ1n) is 10.8. The van der Waals surface area contributed by atoms with Gasteiger partial charge in [0.25, 0.3) is 11.5 Å². The molecule has 3 rings (SSSR count). The van der Waals surface area contributed by atoms with Gasteiger partial charge in [-0.15, -0.1) is 0 Å². The van der Waals surface area contributed by atoms with E-state index >= 15 is 0 Å². The van der Waals surface area contributed by atoms with Crippen molar-refractivity contribution in [2.24, 2.45) is 0 Å². The molecule has 0 fully saturated rings. The molecule has 0 radical (unpaired) electrons. The van der Waals surface area contributed by atoms with Gasteiger partial charge >= 0.3 is 5.97 Å². The van der Waals surface area contributed by atoms with Crippen LogP contribution < -0.4 is 10.9 Å². The van der Waals surface area contributed by atoms with E-state index in [9.17, 15) is 14.4 Å². The maximum absolute atomic E-state index is 13.0. The quantitative estimate of drug-likeness (QED) is 0.318. The highest BCUT2D eigenvalue weighted by atomic mass is 35.5. The zero-order valence-electron chi connectivity index (χ0n) is 18.4. The number of hydrogen-bond acceptors (Lipinski definition) is 5. The number of nitrogens with one attached hydrogen (secondary N) is 1. The van der Waals surface area contributed by atoms with Crippen molar-refractivity contribution >= 4 is 51.5 Å². The largest absolute Gasteiger partial charge is 0.448 e. The maximum atomic E-state index is 13.0. The zero-order valence-corrected chi connectivity index (χ0v) is 19.9. The van der Waals surface area contributed by atoms with E-state index < -0.39 is 18.0 Å². The third-order valence-corrected chi connectivity index (χ3v) is 5.97. The summed E-state index contributed by atoms with van der Waals surface area (Å²) >= 11 is 12.1. The second-order valence-electron chi connectivity index (χ2n) is 7.62. The Morgan fingerprint density at radius 2 is 1.79 bits per heavy atom. The molecule has 1 N–H and O–H groups in total. The van der Waals surface area contributed by atoms with Crippen LogP contribution in [0.3, 0.4) is 0 Å². The van der Waals surface area contributed by atoms with Gasteiger partial charge in [-0.05, 0) is 31.5 Å². The Morgan fingerprint density at radius 1 is 1.06 bits per heavy atom. The second kappa shape index (κ2) is 11.3. The van der Waals surface area contributed by atoms with Crippen LogP contribution in [0.15, 0.2) is 47.3 Å². The Kier molecular flexibility index (Phi) is 8.47. The Morgan fingerprint density at radius 3 is 2.52 bits per heavy atom. The van der Waals surface area contributed by atoms with Crippen LogP contribution in [0.2, 0.25) is 10.0 Å². The summed E-state index contributed by atoms with van der Waals surface area (Å²) in [5.74, 6) is -1.38. The number of halogens is 2. The predicted octanol–water partition coefficient (Wildman–Crippen LogP) is 5.47. The maximum Gasteiger partial charge on any atom is 0.360 e. The highest BCUT2D eigenvalue weighted by molar-refractivity contribution is 6.44. The molecule has 174 valence electrons. The lowest BCUT2D eigenvalue weighted by molar-refractivity contribution is -0.123. The van der Waals surface area contributed by atoms with E-state index in [1.807, 2.05) is 0 Å². The van der Waals surface area contributed by atoms with Gasteiger partial charge in [-0.1, -0.05) is 73.7 Å². The first-order valence-corrected chi connectivity index (χ1v) is 11.5. The van der Waals surface area contributed by atoms with Gasteiger partial charge in [-0.25, -0.2) is 9.48 Å². The van der Waals surface area contributed by atoms with Gasteiger partial charge < -0.3 is 10.1 Å². The van der Waals surface area contributed by atoms with E-state index in [0.29, 0.717) is 23.0 Å². The number of aryl methyl sites for hydroxylation is 1. The van der Waals surface area contributed by atoms with Gasteiger partial charge in [0.05, 0.1) is 21.1 Å². The van der Waals surface area contributed by atoms with Crippen LogP contribution in [0.4, 0.5) is 5.69 Å². The van der Waals surface area contributed by atoms with Crippen LogP contribution in [0.5, 0.6) is 0 Å². The molecule has 0 bridgehead atoms. The number of esters is 1. The van der Waals surface area contributed by atoms with Crippen LogP contribution >= 0.6 is 23.2 Å². The van der Waals surface area contributed by atoms with Crippen molar-refractivity contribution in [3.63, 3.8) is 0 Å². The number of ether oxygens (including phenoxy) is 1. The van der Waals surface area contributed by atoms with Gasteiger partial charge in [0.1, 0.15) is 0 Å². The Labute approximate surface area is 201 Å². The fraction of sp³-hybridized carbons (Fsp3) is 0.333. The van der Waals surface area contributed by atoms with Crippen LogP contribution in [0, 0.1) is 0 Å². The van der Waals surface area contributed by atoms with Crippen molar-refractivity contribution in [1.82, 2.24) is 9.78 Å². The normalized spacial score (nSPS) is 11.9. The van der Waals surface area contributed by atoms with Crippen LogP contribution in [0.25, 0.3) is 10.8 Å².